The first-order valence-corrected chi connectivity index (χ1v) is 14.2. The van der Waals surface area contributed by atoms with Crippen LogP contribution in [-0.2, 0) is 9.47 Å². The highest BCUT2D eigenvalue weighted by Gasteiger charge is 2.75. The molecule has 4 fully saturated rings. The van der Waals surface area contributed by atoms with E-state index in [1.807, 2.05) is 7.11 Å². The van der Waals surface area contributed by atoms with Crippen molar-refractivity contribution >= 4 is 7.85 Å². The molecule has 0 aromatic rings. The van der Waals surface area contributed by atoms with Crippen molar-refractivity contribution in [2.45, 2.75) is 135 Å². The minimum Gasteiger partial charge on any atom is -0.393 e. The van der Waals surface area contributed by atoms with E-state index in [9.17, 15) is 10.2 Å². The summed E-state index contributed by atoms with van der Waals surface area (Å²) in [5, 5.41) is 22.1. The van der Waals surface area contributed by atoms with E-state index in [4.69, 9.17) is 17.3 Å². The molecule has 2 N–H and O–H groups in total. The normalized spacial score (nSPS) is 53.8. The molecule has 5 heteroatoms. The van der Waals surface area contributed by atoms with Crippen molar-refractivity contribution in [3.05, 3.63) is 0 Å². The molecule has 4 nitrogen and oxygen atoms in total. The van der Waals surface area contributed by atoms with Crippen LogP contribution in [0.5, 0.6) is 0 Å². The third kappa shape index (κ3) is 3.69. The van der Waals surface area contributed by atoms with Crippen LogP contribution < -0.4 is 0 Å². The molecule has 12 unspecified atom stereocenters. The van der Waals surface area contributed by atoms with Crippen LogP contribution in [0, 0.1) is 40.9 Å². The number of ether oxygens (including phenoxy) is 2. The molecule has 34 heavy (non-hydrogen) atoms. The molecule has 194 valence electrons. The lowest BCUT2D eigenvalue weighted by Crippen LogP contribution is -2.73. The van der Waals surface area contributed by atoms with Gasteiger partial charge in [0.2, 0.25) is 0 Å². The number of aliphatic hydroxyl groups excluding tert-OH is 2. The van der Waals surface area contributed by atoms with Gasteiger partial charge in [0.1, 0.15) is 0 Å². The van der Waals surface area contributed by atoms with Gasteiger partial charge in [-0.25, -0.2) is 0 Å². The van der Waals surface area contributed by atoms with E-state index < -0.39 is 17.3 Å². The van der Waals surface area contributed by atoms with Crippen LogP contribution in [0.15, 0.2) is 0 Å². The molecule has 3 aliphatic carbocycles. The highest BCUT2D eigenvalue weighted by atomic mass is 16.6. The molecular weight excluding hydrogens is 423 g/mol. The third-order valence-corrected chi connectivity index (χ3v) is 11.8. The zero-order valence-electron chi connectivity index (χ0n) is 23.1. The van der Waals surface area contributed by atoms with E-state index in [0.717, 1.165) is 51.4 Å². The van der Waals surface area contributed by atoms with Gasteiger partial charge in [0.05, 0.1) is 36.9 Å². The molecule has 1 heterocycles. The lowest BCUT2D eigenvalue weighted by atomic mass is 9.41. The van der Waals surface area contributed by atoms with Gasteiger partial charge >= 0.3 is 0 Å². The molecule has 1 saturated heterocycles. The van der Waals surface area contributed by atoms with Crippen molar-refractivity contribution in [3.63, 3.8) is 0 Å². The topological polar surface area (TPSA) is 58.9 Å². The van der Waals surface area contributed by atoms with Crippen molar-refractivity contribution in [2.75, 3.05) is 7.11 Å². The van der Waals surface area contributed by atoms with Crippen LogP contribution in [0.25, 0.3) is 0 Å². The molecule has 0 spiro atoms. The first kappa shape index (κ1) is 27.0. The van der Waals surface area contributed by atoms with Crippen LogP contribution >= 0.6 is 0 Å². The van der Waals surface area contributed by atoms with Gasteiger partial charge in [-0.15, -0.1) is 0 Å². The third-order valence-electron chi connectivity index (χ3n) is 11.8. The summed E-state index contributed by atoms with van der Waals surface area (Å²) in [5.41, 5.74) is -1.19. The molecule has 4 rings (SSSR count). The van der Waals surface area contributed by atoms with E-state index in [2.05, 4.69) is 48.5 Å². The standard InChI is InChI=1S/C29H51BO4/c1-9-22-26(5)12-11-20(31)14-19(26)15-24(30)29(22,33-8)25-21(32)16-23-27(6,34-28(23,25)7)13-10-18(4)17(2)3/h17-25,31-32H,9-16H2,1-8H3. The van der Waals surface area contributed by atoms with Crippen molar-refractivity contribution < 1.29 is 19.7 Å². The zero-order valence-corrected chi connectivity index (χ0v) is 23.1. The second-order valence-corrected chi connectivity index (χ2v) is 13.7. The predicted molar refractivity (Wildman–Crippen MR) is 138 cm³/mol. The number of hydrogen-bond donors (Lipinski definition) is 2. The Morgan fingerprint density at radius 1 is 1.09 bits per heavy atom. The summed E-state index contributed by atoms with van der Waals surface area (Å²) < 4.78 is 13.5. The maximum absolute atomic E-state index is 11.7. The predicted octanol–water partition coefficient (Wildman–Crippen LogP) is 5.54. The monoisotopic (exact) mass is 474 g/mol. The number of fused-ring (bicyclic) bond motifs is 2. The molecule has 0 aromatic heterocycles. The molecule has 0 bridgehead atoms. The van der Waals surface area contributed by atoms with Gasteiger partial charge < -0.3 is 19.7 Å². The Morgan fingerprint density at radius 3 is 2.35 bits per heavy atom. The van der Waals surface area contributed by atoms with Crippen LogP contribution in [0.3, 0.4) is 0 Å². The first-order valence-electron chi connectivity index (χ1n) is 14.2. The molecule has 2 radical (unpaired) electrons. The van der Waals surface area contributed by atoms with E-state index >= 15 is 0 Å². The summed E-state index contributed by atoms with van der Waals surface area (Å²) in [6.07, 6.45) is 6.70. The number of methoxy groups -OCH3 is 1. The molecule has 0 aromatic carbocycles. The number of hydrogen-bond acceptors (Lipinski definition) is 4. The van der Waals surface area contributed by atoms with Crippen LogP contribution in [0.4, 0.5) is 0 Å². The van der Waals surface area contributed by atoms with Gasteiger partial charge in [0.15, 0.2) is 0 Å². The minimum absolute atomic E-state index is 0.0494. The van der Waals surface area contributed by atoms with Crippen LogP contribution in [0.2, 0.25) is 5.82 Å². The zero-order chi connectivity index (χ0) is 25.3. The Bertz CT molecular complexity index is 746. The quantitative estimate of drug-likeness (QED) is 0.476. The molecule has 1 aliphatic heterocycles. The van der Waals surface area contributed by atoms with Gasteiger partial charge in [-0.05, 0) is 87.3 Å². The maximum Gasteiger partial charge on any atom is 0.0798 e. The van der Waals surface area contributed by atoms with Gasteiger partial charge in [-0.3, -0.25) is 0 Å². The van der Waals surface area contributed by atoms with Gasteiger partial charge in [-0.2, -0.15) is 0 Å². The van der Waals surface area contributed by atoms with E-state index in [-0.39, 0.29) is 34.8 Å². The molecule has 4 aliphatic rings. The summed E-state index contributed by atoms with van der Waals surface area (Å²) in [7, 11) is 8.88. The molecule has 0 amide bonds. The van der Waals surface area contributed by atoms with Crippen molar-refractivity contribution in [2.24, 2.45) is 40.9 Å². The lowest BCUT2D eigenvalue weighted by Gasteiger charge is -2.68. The van der Waals surface area contributed by atoms with Gasteiger partial charge in [0.25, 0.3) is 0 Å². The Hall–Kier alpha value is -0.0951. The molecule has 3 saturated carbocycles. The lowest BCUT2D eigenvalue weighted by molar-refractivity contribution is -0.343. The van der Waals surface area contributed by atoms with Crippen molar-refractivity contribution in [1.29, 1.82) is 0 Å². The second-order valence-electron chi connectivity index (χ2n) is 13.7. The molecule has 12 atom stereocenters. The van der Waals surface area contributed by atoms with E-state index in [1.54, 1.807) is 0 Å². The van der Waals surface area contributed by atoms with E-state index in [1.165, 1.54) is 0 Å². The van der Waals surface area contributed by atoms with Crippen molar-refractivity contribution in [1.82, 2.24) is 0 Å². The largest absolute Gasteiger partial charge is 0.393 e. The first-order chi connectivity index (χ1) is 15.8. The highest BCUT2D eigenvalue weighted by molar-refractivity contribution is 6.12. The number of aliphatic hydroxyl groups is 2. The van der Waals surface area contributed by atoms with Crippen LogP contribution in [-0.4, -0.2) is 54.2 Å². The Balaban J connectivity index is 1.66. The maximum atomic E-state index is 11.7. The fraction of sp³-hybridized carbons (Fsp3) is 1.00. The summed E-state index contributed by atoms with van der Waals surface area (Å²) in [6.45, 7) is 16.1. The Kier molecular flexibility index (Phi) is 7.16. The van der Waals surface area contributed by atoms with Gasteiger partial charge in [0, 0.05) is 18.9 Å². The average Bonchev–Trinajstić information content (AvgIpc) is 2.99. The van der Waals surface area contributed by atoms with Gasteiger partial charge in [-0.1, -0.05) is 47.5 Å². The average molecular weight is 475 g/mol. The fourth-order valence-electron chi connectivity index (χ4n) is 9.68. The summed E-state index contributed by atoms with van der Waals surface area (Å²) in [5.74, 6) is 1.93. The smallest absolute Gasteiger partial charge is 0.0798 e. The number of rotatable bonds is 7. The highest BCUT2D eigenvalue weighted by Crippen LogP contribution is 2.70. The SMILES string of the molecule is [B]C1CC2CC(O)CCC2(C)C(CC)C1(OC)C1C(O)CC2C(C)(CCC(C)C(C)C)OC21C. The Morgan fingerprint density at radius 2 is 1.76 bits per heavy atom. The fourth-order valence-corrected chi connectivity index (χ4v) is 9.68. The molecular formula is C29H51BO4. The summed E-state index contributed by atoms with van der Waals surface area (Å²) in [4.78, 5) is 0. The van der Waals surface area contributed by atoms with E-state index in [0.29, 0.717) is 23.7 Å². The Labute approximate surface area is 210 Å². The van der Waals surface area contributed by atoms with Crippen LogP contribution in [0.1, 0.15) is 99.8 Å². The van der Waals surface area contributed by atoms with Crippen molar-refractivity contribution in [3.8, 4) is 0 Å². The summed E-state index contributed by atoms with van der Waals surface area (Å²) in [6, 6.07) is 0. The second kappa shape index (κ2) is 9.03. The summed E-state index contributed by atoms with van der Waals surface area (Å²) >= 11 is 0. The minimum atomic E-state index is -0.627.